The summed E-state index contributed by atoms with van der Waals surface area (Å²) in [4.78, 5) is 14.5. The number of methoxy groups -OCH3 is 3. The first-order valence-electron chi connectivity index (χ1n) is 8.37. The maximum Gasteiger partial charge on any atom is 0.222 e. The molecule has 0 saturated carbocycles. The van der Waals surface area contributed by atoms with Gasteiger partial charge in [0.05, 0.1) is 21.3 Å². The Morgan fingerprint density at radius 2 is 1.96 bits per heavy atom. The highest BCUT2D eigenvalue weighted by Gasteiger charge is 2.23. The van der Waals surface area contributed by atoms with Crippen LogP contribution in [0.25, 0.3) is 0 Å². The molecular weight excluding hydrogens is 308 g/mol. The van der Waals surface area contributed by atoms with Crippen LogP contribution in [-0.4, -0.2) is 58.3 Å². The van der Waals surface area contributed by atoms with Crippen molar-refractivity contribution in [2.75, 3.05) is 41.5 Å². The van der Waals surface area contributed by atoms with Gasteiger partial charge in [0.1, 0.15) is 0 Å². The van der Waals surface area contributed by atoms with Gasteiger partial charge in [-0.2, -0.15) is 0 Å². The summed E-state index contributed by atoms with van der Waals surface area (Å²) in [5.41, 5.74) is 0.950. The molecule has 1 atom stereocenters. The Morgan fingerprint density at radius 1 is 1.21 bits per heavy atom. The van der Waals surface area contributed by atoms with E-state index in [9.17, 15) is 4.79 Å². The first kappa shape index (κ1) is 18.4. The van der Waals surface area contributed by atoms with Crippen LogP contribution >= 0.6 is 0 Å². The van der Waals surface area contributed by atoms with Gasteiger partial charge >= 0.3 is 0 Å². The first-order valence-corrected chi connectivity index (χ1v) is 8.37. The zero-order valence-corrected chi connectivity index (χ0v) is 15.1. The van der Waals surface area contributed by atoms with Gasteiger partial charge in [-0.3, -0.25) is 4.79 Å². The number of ether oxygens (including phenoxy) is 3. The van der Waals surface area contributed by atoms with Crippen LogP contribution < -0.4 is 19.5 Å². The van der Waals surface area contributed by atoms with E-state index in [1.165, 1.54) is 0 Å². The highest BCUT2D eigenvalue weighted by Crippen LogP contribution is 2.40. The van der Waals surface area contributed by atoms with Crippen molar-refractivity contribution in [1.29, 1.82) is 0 Å². The van der Waals surface area contributed by atoms with E-state index < -0.39 is 0 Å². The summed E-state index contributed by atoms with van der Waals surface area (Å²) >= 11 is 0. The van der Waals surface area contributed by atoms with Crippen LogP contribution in [0, 0.1) is 0 Å². The SMILES string of the molecule is CNC1CCCN(C(=O)CCc2ccc(OC)c(OC)c2OC)C1. The van der Waals surface area contributed by atoms with Crippen molar-refractivity contribution >= 4 is 5.91 Å². The highest BCUT2D eigenvalue weighted by molar-refractivity contribution is 5.77. The number of hydrogen-bond donors (Lipinski definition) is 1. The predicted octanol–water partition coefficient (Wildman–Crippen LogP) is 1.86. The van der Waals surface area contributed by atoms with Gasteiger partial charge in [-0.05, 0) is 37.9 Å². The molecule has 0 radical (unpaired) electrons. The maximum atomic E-state index is 12.5. The fraction of sp³-hybridized carbons (Fsp3) is 0.611. The van der Waals surface area contributed by atoms with Gasteiger partial charge in [-0.15, -0.1) is 0 Å². The maximum absolute atomic E-state index is 12.5. The van der Waals surface area contributed by atoms with Crippen molar-refractivity contribution in [2.24, 2.45) is 0 Å². The lowest BCUT2D eigenvalue weighted by molar-refractivity contribution is -0.132. The van der Waals surface area contributed by atoms with Crippen LogP contribution in [0.15, 0.2) is 12.1 Å². The van der Waals surface area contributed by atoms with Gasteiger partial charge in [0.25, 0.3) is 0 Å². The number of amides is 1. The lowest BCUT2D eigenvalue weighted by Crippen LogP contribution is -2.47. The van der Waals surface area contributed by atoms with Crippen molar-refractivity contribution < 1.29 is 19.0 Å². The van der Waals surface area contributed by atoms with Crippen molar-refractivity contribution in [1.82, 2.24) is 10.2 Å². The molecule has 1 heterocycles. The average molecular weight is 336 g/mol. The zero-order valence-electron chi connectivity index (χ0n) is 15.1. The fourth-order valence-electron chi connectivity index (χ4n) is 3.20. The van der Waals surface area contributed by atoms with Crippen molar-refractivity contribution in [3.05, 3.63) is 17.7 Å². The monoisotopic (exact) mass is 336 g/mol. The summed E-state index contributed by atoms with van der Waals surface area (Å²) in [7, 11) is 6.73. The first-order chi connectivity index (χ1) is 11.6. The number of piperidine rings is 1. The number of carbonyl (C=O) groups is 1. The minimum absolute atomic E-state index is 0.187. The third-order valence-electron chi connectivity index (χ3n) is 4.58. The number of nitrogens with zero attached hydrogens (tertiary/aromatic N) is 1. The molecule has 6 nitrogen and oxygen atoms in total. The minimum atomic E-state index is 0.187. The topological polar surface area (TPSA) is 60.0 Å². The molecule has 0 bridgehead atoms. The normalized spacial score (nSPS) is 17.5. The molecule has 0 aliphatic carbocycles. The molecule has 1 aliphatic heterocycles. The smallest absolute Gasteiger partial charge is 0.222 e. The zero-order chi connectivity index (χ0) is 17.5. The number of rotatable bonds is 7. The van der Waals surface area contributed by atoms with E-state index in [1.807, 2.05) is 24.1 Å². The molecule has 1 saturated heterocycles. The van der Waals surface area contributed by atoms with E-state index in [4.69, 9.17) is 14.2 Å². The minimum Gasteiger partial charge on any atom is -0.493 e. The molecule has 1 aromatic rings. The van der Waals surface area contributed by atoms with Crippen LogP contribution in [0.3, 0.4) is 0 Å². The molecule has 1 N–H and O–H groups in total. The predicted molar refractivity (Wildman–Crippen MR) is 93.1 cm³/mol. The molecule has 1 unspecified atom stereocenters. The Hall–Kier alpha value is -1.95. The van der Waals surface area contributed by atoms with E-state index >= 15 is 0 Å². The Labute approximate surface area is 144 Å². The Bertz CT molecular complexity index is 562. The summed E-state index contributed by atoms with van der Waals surface area (Å²) in [6.45, 7) is 1.64. The number of hydrogen-bond acceptors (Lipinski definition) is 5. The van der Waals surface area contributed by atoms with Crippen molar-refractivity contribution in [2.45, 2.75) is 31.7 Å². The summed E-state index contributed by atoms with van der Waals surface area (Å²) in [6.07, 6.45) is 3.26. The Kier molecular flexibility index (Phi) is 6.73. The molecule has 0 aromatic heterocycles. The van der Waals surface area contributed by atoms with Crippen LogP contribution in [0.4, 0.5) is 0 Å². The second-order valence-electron chi connectivity index (χ2n) is 5.96. The largest absolute Gasteiger partial charge is 0.493 e. The molecule has 6 heteroatoms. The number of likely N-dealkylation sites (tertiary alicyclic amines) is 1. The molecule has 1 fully saturated rings. The van der Waals surface area contributed by atoms with Gasteiger partial charge < -0.3 is 24.4 Å². The highest BCUT2D eigenvalue weighted by atomic mass is 16.5. The molecular formula is C18H28N2O4. The summed E-state index contributed by atoms with van der Waals surface area (Å²) in [5.74, 6) is 2.01. The summed E-state index contributed by atoms with van der Waals surface area (Å²) in [6, 6.07) is 4.18. The fourth-order valence-corrected chi connectivity index (χ4v) is 3.20. The number of benzene rings is 1. The molecule has 1 aromatic carbocycles. The van der Waals surface area contributed by atoms with Gasteiger partial charge in [0, 0.05) is 25.6 Å². The van der Waals surface area contributed by atoms with Gasteiger partial charge in [0.2, 0.25) is 11.7 Å². The van der Waals surface area contributed by atoms with Crippen molar-refractivity contribution in [3.63, 3.8) is 0 Å². The quantitative estimate of drug-likeness (QED) is 0.823. The number of nitrogens with one attached hydrogen (secondary N) is 1. The Morgan fingerprint density at radius 3 is 2.58 bits per heavy atom. The number of likely N-dealkylation sites (N-methyl/N-ethyl adjacent to an activating group) is 1. The Balaban J connectivity index is 2.04. The average Bonchev–Trinajstić information content (AvgIpc) is 2.64. The van der Waals surface area contributed by atoms with Gasteiger partial charge in [-0.1, -0.05) is 6.07 Å². The number of aryl methyl sites for hydroxylation is 1. The molecule has 134 valence electrons. The van der Waals surface area contributed by atoms with E-state index in [2.05, 4.69) is 5.32 Å². The summed E-state index contributed by atoms with van der Waals surface area (Å²) in [5, 5.41) is 3.26. The van der Waals surface area contributed by atoms with Crippen LogP contribution in [0.5, 0.6) is 17.2 Å². The standard InChI is InChI=1S/C18H28N2O4/c1-19-14-6-5-11-20(12-14)16(21)10-8-13-7-9-15(22-2)18(24-4)17(13)23-3/h7,9,14,19H,5-6,8,10-12H2,1-4H3. The third kappa shape index (κ3) is 4.12. The molecule has 1 aliphatic rings. The molecule has 1 amide bonds. The molecule has 2 rings (SSSR count). The van der Waals surface area contributed by atoms with E-state index in [0.717, 1.165) is 31.5 Å². The third-order valence-corrected chi connectivity index (χ3v) is 4.58. The number of carbonyl (C=O) groups excluding carboxylic acids is 1. The van der Waals surface area contributed by atoms with E-state index in [0.29, 0.717) is 36.1 Å². The van der Waals surface area contributed by atoms with Gasteiger partial charge in [0.15, 0.2) is 11.5 Å². The van der Waals surface area contributed by atoms with Gasteiger partial charge in [-0.25, -0.2) is 0 Å². The van der Waals surface area contributed by atoms with Crippen molar-refractivity contribution in [3.8, 4) is 17.2 Å². The van der Waals surface area contributed by atoms with E-state index in [-0.39, 0.29) is 5.91 Å². The lowest BCUT2D eigenvalue weighted by Gasteiger charge is -2.32. The van der Waals surface area contributed by atoms with Crippen LogP contribution in [0.2, 0.25) is 0 Å². The molecule has 24 heavy (non-hydrogen) atoms. The molecule has 0 spiro atoms. The van der Waals surface area contributed by atoms with E-state index in [1.54, 1.807) is 21.3 Å². The van der Waals surface area contributed by atoms with Crippen LogP contribution in [-0.2, 0) is 11.2 Å². The summed E-state index contributed by atoms with van der Waals surface area (Å²) < 4.78 is 16.2. The van der Waals surface area contributed by atoms with Crippen LogP contribution in [0.1, 0.15) is 24.8 Å². The second kappa shape index (κ2) is 8.78. The second-order valence-corrected chi connectivity index (χ2v) is 5.96. The lowest BCUT2D eigenvalue weighted by atomic mass is 10.0.